The molecule has 0 spiro atoms. The van der Waals surface area contributed by atoms with E-state index in [0.717, 1.165) is 44.7 Å². The van der Waals surface area contributed by atoms with Crippen molar-refractivity contribution in [3.05, 3.63) is 60.2 Å². The molecule has 1 fully saturated rings. The summed E-state index contributed by atoms with van der Waals surface area (Å²) in [5.74, 6) is -0.0874. The Morgan fingerprint density at radius 3 is 2.24 bits per heavy atom. The van der Waals surface area contributed by atoms with Gasteiger partial charge in [0.2, 0.25) is 15.9 Å². The van der Waals surface area contributed by atoms with Crippen LogP contribution in [0.2, 0.25) is 0 Å². The van der Waals surface area contributed by atoms with Crippen LogP contribution in [0.15, 0.2) is 59.5 Å². The molecule has 3 rings (SSSR count). The van der Waals surface area contributed by atoms with E-state index < -0.39 is 16.1 Å². The third-order valence-electron chi connectivity index (χ3n) is 6.10. The largest absolute Gasteiger partial charge is 0.369 e. The first-order valence-electron chi connectivity index (χ1n) is 12.1. The van der Waals surface area contributed by atoms with Crippen molar-refractivity contribution in [3.8, 4) is 0 Å². The van der Waals surface area contributed by atoms with Crippen molar-refractivity contribution >= 4 is 21.6 Å². The molecule has 34 heavy (non-hydrogen) atoms. The zero-order valence-electron chi connectivity index (χ0n) is 20.5. The number of para-hydroxylation sites is 1. The number of amides is 1. The summed E-state index contributed by atoms with van der Waals surface area (Å²) in [6, 6.07) is 16.3. The SMILES string of the molecule is Cc1ccc(S(=O)(=O)NC(CC(C)C)C(=O)NCCCN2CCN(c3ccccc3)CC2)cc1. The van der Waals surface area contributed by atoms with E-state index in [-0.39, 0.29) is 16.7 Å². The number of sulfonamides is 1. The molecule has 8 heteroatoms. The molecule has 1 aliphatic heterocycles. The van der Waals surface area contributed by atoms with Crippen LogP contribution in [0.5, 0.6) is 0 Å². The van der Waals surface area contributed by atoms with Gasteiger partial charge < -0.3 is 10.2 Å². The highest BCUT2D eigenvalue weighted by molar-refractivity contribution is 7.89. The highest BCUT2D eigenvalue weighted by atomic mass is 32.2. The molecule has 2 N–H and O–H groups in total. The van der Waals surface area contributed by atoms with Gasteiger partial charge in [-0.3, -0.25) is 9.69 Å². The Bertz CT molecular complexity index is 1000. The van der Waals surface area contributed by atoms with Crippen molar-refractivity contribution in [2.75, 3.05) is 44.2 Å². The minimum atomic E-state index is -3.77. The van der Waals surface area contributed by atoms with Gasteiger partial charge in [-0.15, -0.1) is 0 Å². The van der Waals surface area contributed by atoms with Crippen molar-refractivity contribution in [1.82, 2.24) is 14.9 Å². The lowest BCUT2D eigenvalue weighted by atomic mass is 10.0. The quantitative estimate of drug-likeness (QED) is 0.477. The molecule has 1 saturated heterocycles. The predicted octanol–water partition coefficient (Wildman–Crippen LogP) is 3.02. The molecule has 1 atom stereocenters. The van der Waals surface area contributed by atoms with Crippen LogP contribution < -0.4 is 14.9 Å². The number of rotatable bonds is 11. The first-order chi connectivity index (χ1) is 16.2. The minimum absolute atomic E-state index is 0.175. The number of hydrogen-bond donors (Lipinski definition) is 2. The van der Waals surface area contributed by atoms with E-state index in [1.165, 1.54) is 5.69 Å². The standard InChI is InChI=1S/C26H38N4O3S/c1-21(2)20-25(28-34(32,33)24-12-10-22(3)11-13-24)26(31)27-14-7-15-29-16-18-30(19-17-29)23-8-5-4-6-9-23/h4-6,8-13,21,25,28H,7,14-20H2,1-3H3,(H,27,31). The van der Waals surface area contributed by atoms with E-state index in [1.807, 2.05) is 26.8 Å². The second-order valence-corrected chi connectivity index (χ2v) is 11.1. The molecular weight excluding hydrogens is 448 g/mol. The third kappa shape index (κ3) is 7.82. The van der Waals surface area contributed by atoms with Gasteiger partial charge in [0, 0.05) is 38.4 Å². The van der Waals surface area contributed by atoms with E-state index in [1.54, 1.807) is 24.3 Å². The number of carbonyl (C=O) groups is 1. The lowest BCUT2D eigenvalue weighted by Gasteiger charge is -2.36. The van der Waals surface area contributed by atoms with Gasteiger partial charge in [0.15, 0.2) is 0 Å². The summed E-state index contributed by atoms with van der Waals surface area (Å²) < 4.78 is 28.2. The summed E-state index contributed by atoms with van der Waals surface area (Å²) in [5, 5.41) is 2.94. The molecule has 0 aliphatic carbocycles. The van der Waals surface area contributed by atoms with E-state index in [2.05, 4.69) is 44.1 Å². The average molecular weight is 487 g/mol. The highest BCUT2D eigenvalue weighted by Gasteiger charge is 2.26. The molecule has 2 aromatic rings. The molecule has 0 aromatic heterocycles. The fraction of sp³-hybridized carbons (Fsp3) is 0.500. The van der Waals surface area contributed by atoms with Crippen LogP contribution in [0.4, 0.5) is 5.69 Å². The van der Waals surface area contributed by atoms with Crippen molar-refractivity contribution in [2.45, 2.75) is 44.6 Å². The lowest BCUT2D eigenvalue weighted by Crippen LogP contribution is -2.48. The minimum Gasteiger partial charge on any atom is -0.369 e. The number of anilines is 1. The summed E-state index contributed by atoms with van der Waals surface area (Å²) in [6.07, 6.45) is 1.27. The third-order valence-corrected chi connectivity index (χ3v) is 7.58. The van der Waals surface area contributed by atoms with Crippen LogP contribution in [0.1, 0.15) is 32.3 Å². The normalized spacial score (nSPS) is 15.9. The maximum absolute atomic E-state index is 12.8. The first-order valence-corrected chi connectivity index (χ1v) is 13.6. The van der Waals surface area contributed by atoms with E-state index in [9.17, 15) is 13.2 Å². The maximum Gasteiger partial charge on any atom is 0.241 e. The number of piperazine rings is 1. The van der Waals surface area contributed by atoms with Crippen LogP contribution in [-0.4, -0.2) is 64.5 Å². The predicted molar refractivity (Wildman–Crippen MR) is 137 cm³/mol. The van der Waals surface area contributed by atoms with Gasteiger partial charge in [-0.25, -0.2) is 8.42 Å². The molecule has 186 valence electrons. The molecular formula is C26H38N4O3S. The fourth-order valence-corrected chi connectivity index (χ4v) is 5.37. The average Bonchev–Trinajstić information content (AvgIpc) is 2.82. The summed E-state index contributed by atoms with van der Waals surface area (Å²) >= 11 is 0. The number of hydrogen-bond acceptors (Lipinski definition) is 5. The van der Waals surface area contributed by atoms with E-state index in [4.69, 9.17) is 0 Å². The van der Waals surface area contributed by atoms with Crippen molar-refractivity contribution in [2.24, 2.45) is 5.92 Å². The Labute approximate surface area is 204 Å². The Hall–Kier alpha value is -2.42. The van der Waals surface area contributed by atoms with Crippen LogP contribution in [-0.2, 0) is 14.8 Å². The van der Waals surface area contributed by atoms with Crippen molar-refractivity contribution < 1.29 is 13.2 Å². The Morgan fingerprint density at radius 1 is 0.971 bits per heavy atom. The number of nitrogens with one attached hydrogen (secondary N) is 2. The van der Waals surface area contributed by atoms with Gasteiger partial charge in [0.1, 0.15) is 6.04 Å². The molecule has 7 nitrogen and oxygen atoms in total. The molecule has 1 unspecified atom stereocenters. The second kappa shape index (κ2) is 12.3. The Balaban J connectivity index is 1.44. The number of aryl methyl sites for hydroxylation is 1. The van der Waals surface area contributed by atoms with Crippen LogP contribution >= 0.6 is 0 Å². The smallest absolute Gasteiger partial charge is 0.241 e. The van der Waals surface area contributed by atoms with Crippen molar-refractivity contribution in [3.63, 3.8) is 0 Å². The summed E-state index contributed by atoms with van der Waals surface area (Å²) in [5.41, 5.74) is 2.25. The lowest BCUT2D eigenvalue weighted by molar-refractivity contribution is -0.123. The maximum atomic E-state index is 12.8. The molecule has 1 heterocycles. The molecule has 0 radical (unpaired) electrons. The van der Waals surface area contributed by atoms with Gasteiger partial charge in [-0.2, -0.15) is 4.72 Å². The Kier molecular flexibility index (Phi) is 9.50. The van der Waals surface area contributed by atoms with Gasteiger partial charge in [-0.05, 0) is 56.5 Å². The van der Waals surface area contributed by atoms with Crippen LogP contribution in [0.3, 0.4) is 0 Å². The van der Waals surface area contributed by atoms with Gasteiger partial charge >= 0.3 is 0 Å². The molecule has 2 aromatic carbocycles. The topological polar surface area (TPSA) is 81.7 Å². The fourth-order valence-electron chi connectivity index (χ4n) is 4.16. The van der Waals surface area contributed by atoms with Gasteiger partial charge in [0.05, 0.1) is 4.90 Å². The summed E-state index contributed by atoms with van der Waals surface area (Å²) in [6.45, 7) is 11.3. The number of carbonyl (C=O) groups excluding carboxylic acids is 1. The Morgan fingerprint density at radius 2 is 1.62 bits per heavy atom. The number of benzene rings is 2. The van der Waals surface area contributed by atoms with Gasteiger partial charge in [-0.1, -0.05) is 49.7 Å². The monoisotopic (exact) mass is 486 g/mol. The second-order valence-electron chi connectivity index (χ2n) is 9.43. The van der Waals surface area contributed by atoms with Crippen LogP contribution in [0.25, 0.3) is 0 Å². The first kappa shape index (κ1) is 26.2. The summed E-state index contributed by atoms with van der Waals surface area (Å²) in [7, 11) is -3.77. The van der Waals surface area contributed by atoms with E-state index >= 15 is 0 Å². The molecule has 0 bridgehead atoms. The zero-order chi connectivity index (χ0) is 24.6. The van der Waals surface area contributed by atoms with Gasteiger partial charge in [0.25, 0.3) is 0 Å². The van der Waals surface area contributed by atoms with E-state index in [0.29, 0.717) is 13.0 Å². The zero-order valence-corrected chi connectivity index (χ0v) is 21.4. The van der Waals surface area contributed by atoms with Crippen molar-refractivity contribution in [1.29, 1.82) is 0 Å². The van der Waals surface area contributed by atoms with Crippen LogP contribution in [0, 0.1) is 12.8 Å². The molecule has 0 saturated carbocycles. The number of nitrogens with zero attached hydrogens (tertiary/aromatic N) is 2. The highest BCUT2D eigenvalue weighted by Crippen LogP contribution is 2.16. The summed E-state index contributed by atoms with van der Waals surface area (Å²) in [4.78, 5) is 17.8. The molecule has 1 amide bonds. The molecule has 1 aliphatic rings.